The molecule has 0 spiro atoms. The third kappa shape index (κ3) is 5.36. The monoisotopic (exact) mass is 419 g/mol. The molecule has 3 rings (SSSR count). The minimum atomic E-state index is -0.531. The molecule has 1 fully saturated rings. The molecule has 2 aromatic carbocycles. The van der Waals surface area contributed by atoms with Gasteiger partial charge in [-0.05, 0) is 17.7 Å². The van der Waals surface area contributed by atoms with Crippen LogP contribution in [-0.4, -0.2) is 44.2 Å². The largest absolute Gasteiger partial charge is 0.497 e. The Balaban J connectivity index is 1.53. The fourth-order valence-corrected chi connectivity index (χ4v) is 5.48. The number of anilines is 1. The molecule has 0 saturated carbocycles. The first-order valence-electron chi connectivity index (χ1n) is 8.62. The first-order chi connectivity index (χ1) is 13.6. The van der Waals surface area contributed by atoms with Crippen molar-refractivity contribution in [2.75, 3.05) is 37.6 Å². The van der Waals surface area contributed by atoms with Gasteiger partial charge in [0.25, 0.3) is 5.91 Å². The minimum Gasteiger partial charge on any atom is -0.497 e. The van der Waals surface area contributed by atoms with Crippen molar-refractivity contribution in [3.63, 3.8) is 0 Å². The number of carbonyl (C=O) groups excluding carboxylic acids is 2. The highest BCUT2D eigenvalue weighted by Crippen LogP contribution is 2.45. The van der Waals surface area contributed by atoms with E-state index in [0.29, 0.717) is 27.3 Å². The van der Waals surface area contributed by atoms with E-state index in [4.69, 9.17) is 14.2 Å². The standard InChI is InChI=1S/C20H21NO5S2/c1-24-16-9-15(10-17(11-16)25-2)21-18(22)12-26-19(23)13-3-5-14(6-4-13)20-27-7-8-28-20/h3-6,9-11,20H,7-8,12H2,1-2H3,(H,21,22). The molecule has 6 nitrogen and oxygen atoms in total. The lowest BCUT2D eigenvalue weighted by atomic mass is 10.1. The molecular weight excluding hydrogens is 398 g/mol. The van der Waals surface area contributed by atoms with Crippen LogP contribution >= 0.6 is 23.5 Å². The van der Waals surface area contributed by atoms with Gasteiger partial charge in [-0.25, -0.2) is 4.79 Å². The van der Waals surface area contributed by atoms with Gasteiger partial charge in [-0.3, -0.25) is 4.79 Å². The second-order valence-electron chi connectivity index (χ2n) is 5.92. The predicted molar refractivity (Wildman–Crippen MR) is 113 cm³/mol. The summed E-state index contributed by atoms with van der Waals surface area (Å²) < 4.78 is 15.9. The number of thioether (sulfide) groups is 2. The third-order valence-electron chi connectivity index (χ3n) is 4.01. The SMILES string of the molecule is COc1cc(NC(=O)COC(=O)c2ccc(C3SCCS3)cc2)cc(OC)c1. The van der Waals surface area contributed by atoms with Gasteiger partial charge >= 0.3 is 5.97 Å². The van der Waals surface area contributed by atoms with Crippen LogP contribution in [0.5, 0.6) is 11.5 Å². The third-order valence-corrected chi connectivity index (χ3v) is 7.11. The van der Waals surface area contributed by atoms with Gasteiger partial charge in [0.05, 0.1) is 24.4 Å². The number of ether oxygens (including phenoxy) is 3. The highest BCUT2D eigenvalue weighted by molar-refractivity contribution is 8.19. The number of benzene rings is 2. The lowest BCUT2D eigenvalue weighted by molar-refractivity contribution is -0.119. The molecule has 1 heterocycles. The molecule has 0 unspecified atom stereocenters. The summed E-state index contributed by atoms with van der Waals surface area (Å²) in [5.41, 5.74) is 2.11. The van der Waals surface area contributed by atoms with Crippen molar-refractivity contribution in [3.05, 3.63) is 53.6 Å². The lowest BCUT2D eigenvalue weighted by Gasteiger charge is -2.11. The zero-order valence-electron chi connectivity index (χ0n) is 15.6. The number of esters is 1. The van der Waals surface area contributed by atoms with Crippen LogP contribution in [0.2, 0.25) is 0 Å². The smallest absolute Gasteiger partial charge is 0.338 e. The Morgan fingerprint density at radius 1 is 1.00 bits per heavy atom. The molecule has 0 bridgehead atoms. The van der Waals surface area contributed by atoms with Crippen molar-refractivity contribution in [1.29, 1.82) is 0 Å². The summed E-state index contributed by atoms with van der Waals surface area (Å²) in [6, 6.07) is 12.4. The zero-order valence-corrected chi connectivity index (χ0v) is 17.2. The summed E-state index contributed by atoms with van der Waals surface area (Å²) in [4.78, 5) is 24.3. The van der Waals surface area contributed by atoms with Crippen molar-refractivity contribution in [1.82, 2.24) is 0 Å². The van der Waals surface area contributed by atoms with E-state index in [9.17, 15) is 9.59 Å². The Bertz CT molecular complexity index is 813. The molecule has 148 valence electrons. The van der Waals surface area contributed by atoms with E-state index in [1.54, 1.807) is 30.3 Å². The Labute approximate surface area is 172 Å². The molecular formula is C20H21NO5S2. The van der Waals surface area contributed by atoms with E-state index in [1.807, 2.05) is 35.7 Å². The van der Waals surface area contributed by atoms with Gasteiger partial charge in [0, 0.05) is 35.4 Å². The maximum Gasteiger partial charge on any atom is 0.338 e. The number of carbonyl (C=O) groups is 2. The van der Waals surface area contributed by atoms with E-state index < -0.39 is 11.9 Å². The molecule has 0 aliphatic carbocycles. The molecule has 1 aliphatic heterocycles. The summed E-state index contributed by atoms with van der Waals surface area (Å²) in [5, 5.41) is 2.66. The summed E-state index contributed by atoms with van der Waals surface area (Å²) in [6.45, 7) is -0.381. The quantitative estimate of drug-likeness (QED) is 0.681. The van der Waals surface area contributed by atoms with Gasteiger partial charge < -0.3 is 19.5 Å². The first-order valence-corrected chi connectivity index (χ1v) is 10.7. The maximum atomic E-state index is 12.2. The van der Waals surface area contributed by atoms with E-state index in [0.717, 1.165) is 11.5 Å². The molecule has 1 amide bonds. The highest BCUT2D eigenvalue weighted by Gasteiger charge is 2.19. The summed E-state index contributed by atoms with van der Waals surface area (Å²) in [6.07, 6.45) is 0. The van der Waals surface area contributed by atoms with Gasteiger partial charge in [-0.2, -0.15) is 0 Å². The van der Waals surface area contributed by atoms with E-state index in [1.165, 1.54) is 19.8 Å². The summed E-state index contributed by atoms with van der Waals surface area (Å²) in [7, 11) is 3.05. The number of amides is 1. The summed E-state index contributed by atoms with van der Waals surface area (Å²) >= 11 is 3.81. The van der Waals surface area contributed by atoms with Crippen molar-refractivity contribution >= 4 is 41.1 Å². The number of hydrogen-bond donors (Lipinski definition) is 1. The van der Waals surface area contributed by atoms with Crippen LogP contribution in [0.25, 0.3) is 0 Å². The highest BCUT2D eigenvalue weighted by atomic mass is 32.2. The number of rotatable bonds is 7. The number of methoxy groups -OCH3 is 2. The van der Waals surface area contributed by atoms with Crippen LogP contribution in [0.1, 0.15) is 20.5 Å². The maximum absolute atomic E-state index is 12.2. The van der Waals surface area contributed by atoms with Crippen LogP contribution in [0.3, 0.4) is 0 Å². The first kappa shape index (κ1) is 20.4. The normalized spacial score (nSPS) is 13.8. The van der Waals surface area contributed by atoms with Crippen molar-refractivity contribution in [2.24, 2.45) is 0 Å². The van der Waals surface area contributed by atoms with Crippen LogP contribution in [0, 0.1) is 0 Å². The molecule has 1 saturated heterocycles. The molecule has 0 atom stereocenters. The van der Waals surface area contributed by atoms with Gasteiger partial charge in [-0.15, -0.1) is 23.5 Å². The van der Waals surface area contributed by atoms with E-state index >= 15 is 0 Å². The van der Waals surface area contributed by atoms with Gasteiger partial charge in [0.1, 0.15) is 11.5 Å². The molecule has 28 heavy (non-hydrogen) atoms. The molecule has 2 aromatic rings. The van der Waals surface area contributed by atoms with Crippen molar-refractivity contribution in [2.45, 2.75) is 4.58 Å². The fourth-order valence-electron chi connectivity index (χ4n) is 2.62. The Kier molecular flexibility index (Phi) is 7.11. The second kappa shape index (κ2) is 9.75. The predicted octanol–water partition coefficient (Wildman–Crippen LogP) is 3.98. The van der Waals surface area contributed by atoms with Crippen LogP contribution in [-0.2, 0) is 9.53 Å². The Hall–Kier alpha value is -2.32. The van der Waals surface area contributed by atoms with E-state index in [-0.39, 0.29) is 6.61 Å². The average Bonchev–Trinajstić information content (AvgIpc) is 3.26. The van der Waals surface area contributed by atoms with Crippen molar-refractivity contribution in [3.8, 4) is 11.5 Å². The molecule has 8 heteroatoms. The van der Waals surface area contributed by atoms with Crippen molar-refractivity contribution < 1.29 is 23.8 Å². The van der Waals surface area contributed by atoms with Gasteiger partial charge in [0.15, 0.2) is 6.61 Å². The number of hydrogen-bond acceptors (Lipinski definition) is 7. The Morgan fingerprint density at radius 2 is 1.61 bits per heavy atom. The minimum absolute atomic E-state index is 0.381. The Morgan fingerprint density at radius 3 is 2.18 bits per heavy atom. The second-order valence-corrected chi connectivity index (χ2v) is 8.65. The van der Waals surface area contributed by atoms with Crippen LogP contribution in [0.4, 0.5) is 5.69 Å². The number of nitrogens with one attached hydrogen (secondary N) is 1. The van der Waals surface area contributed by atoms with Crippen LogP contribution < -0.4 is 14.8 Å². The van der Waals surface area contributed by atoms with Gasteiger partial charge in [0.2, 0.25) is 0 Å². The zero-order chi connectivity index (χ0) is 19.9. The lowest BCUT2D eigenvalue weighted by Crippen LogP contribution is -2.21. The molecule has 1 N–H and O–H groups in total. The van der Waals surface area contributed by atoms with E-state index in [2.05, 4.69) is 5.32 Å². The molecule has 0 radical (unpaired) electrons. The average molecular weight is 420 g/mol. The fraction of sp³-hybridized carbons (Fsp3) is 0.300. The van der Waals surface area contributed by atoms with Gasteiger partial charge in [-0.1, -0.05) is 12.1 Å². The summed E-state index contributed by atoms with van der Waals surface area (Å²) in [5.74, 6) is 2.41. The molecule has 0 aromatic heterocycles. The topological polar surface area (TPSA) is 73.9 Å². The van der Waals surface area contributed by atoms with Crippen LogP contribution in [0.15, 0.2) is 42.5 Å². The molecule has 1 aliphatic rings.